The number of benzene rings is 6. The van der Waals surface area contributed by atoms with Crippen molar-refractivity contribution in [2.75, 3.05) is 0 Å². The molecule has 0 atom stereocenters. The van der Waals surface area contributed by atoms with Gasteiger partial charge >= 0.3 is 0 Å². The third-order valence-electron chi connectivity index (χ3n) is 10.7. The quantitative estimate of drug-likeness (QED) is 0.188. The summed E-state index contributed by atoms with van der Waals surface area (Å²) in [5, 5.41) is 8.37. The van der Waals surface area contributed by atoms with E-state index in [-0.39, 0.29) is 5.41 Å². The molecule has 0 radical (unpaired) electrons. The molecule has 0 amide bonds. The highest BCUT2D eigenvalue weighted by Crippen LogP contribution is 2.50. The predicted molar refractivity (Wildman–Crippen MR) is 205 cm³/mol. The van der Waals surface area contributed by atoms with E-state index in [9.17, 15) is 0 Å². The zero-order valence-electron chi connectivity index (χ0n) is 26.9. The first-order valence-electron chi connectivity index (χ1n) is 16.7. The first kappa shape index (κ1) is 27.1. The molecule has 0 N–H and O–H groups in total. The van der Waals surface area contributed by atoms with Crippen LogP contribution >= 0.6 is 11.3 Å². The van der Waals surface area contributed by atoms with Crippen molar-refractivity contribution in [3.8, 4) is 28.3 Å². The van der Waals surface area contributed by atoms with Gasteiger partial charge in [0, 0.05) is 58.9 Å². The Labute approximate surface area is 286 Å². The second-order valence-corrected chi connectivity index (χ2v) is 14.7. The van der Waals surface area contributed by atoms with Crippen molar-refractivity contribution in [1.82, 2.24) is 19.5 Å². The maximum absolute atomic E-state index is 5.50. The highest BCUT2D eigenvalue weighted by atomic mass is 32.1. The Bertz CT molecular complexity index is 3040. The fourth-order valence-corrected chi connectivity index (χ4v) is 9.69. The lowest BCUT2D eigenvalue weighted by Crippen LogP contribution is -2.15. The second-order valence-electron chi connectivity index (χ2n) is 13.6. The molecular weight excluding hydrogens is 617 g/mol. The molecule has 0 aliphatic heterocycles. The number of para-hydroxylation sites is 1. The molecule has 4 heterocycles. The van der Waals surface area contributed by atoms with Crippen molar-refractivity contribution in [2.24, 2.45) is 0 Å². The summed E-state index contributed by atoms with van der Waals surface area (Å²) in [5.41, 5.74) is 10.0. The highest BCUT2D eigenvalue weighted by Gasteiger charge is 2.35. The topological polar surface area (TPSA) is 43.6 Å². The first-order valence-corrected chi connectivity index (χ1v) is 17.5. The van der Waals surface area contributed by atoms with E-state index >= 15 is 0 Å². The van der Waals surface area contributed by atoms with Crippen LogP contribution < -0.4 is 0 Å². The maximum atomic E-state index is 5.50. The lowest BCUT2D eigenvalue weighted by molar-refractivity contribution is 0.660. The van der Waals surface area contributed by atoms with Gasteiger partial charge < -0.3 is 0 Å². The third kappa shape index (κ3) is 3.55. The van der Waals surface area contributed by atoms with Crippen LogP contribution in [0.3, 0.4) is 0 Å². The number of nitrogens with zero attached hydrogens (tertiary/aromatic N) is 4. The normalized spacial score (nSPS) is 13.7. The Balaban J connectivity index is 1.28. The van der Waals surface area contributed by atoms with Gasteiger partial charge in [-0.15, -0.1) is 11.3 Å². The Morgan fingerprint density at radius 3 is 2.20 bits per heavy atom. The molecule has 4 nitrogen and oxygen atoms in total. The summed E-state index contributed by atoms with van der Waals surface area (Å²) < 4.78 is 4.85. The minimum absolute atomic E-state index is 0.120. The number of thiophene rings is 1. The number of fused-ring (bicyclic) bond motifs is 14. The minimum Gasteiger partial charge on any atom is -0.277 e. The van der Waals surface area contributed by atoms with Crippen LogP contribution in [0.4, 0.5) is 0 Å². The smallest absolute Gasteiger partial charge is 0.237 e. The van der Waals surface area contributed by atoms with E-state index in [0.717, 1.165) is 27.7 Å². The third-order valence-corrected chi connectivity index (χ3v) is 11.9. The fraction of sp³-hybridized carbons (Fsp3) is 0.0682. The van der Waals surface area contributed by atoms with Crippen LogP contribution in [0, 0.1) is 0 Å². The van der Waals surface area contributed by atoms with Crippen molar-refractivity contribution in [3.05, 3.63) is 145 Å². The molecule has 5 heteroatoms. The summed E-state index contributed by atoms with van der Waals surface area (Å²) in [4.78, 5) is 15.6. The van der Waals surface area contributed by atoms with Gasteiger partial charge in [0.1, 0.15) is 0 Å². The van der Waals surface area contributed by atoms with Crippen LogP contribution in [-0.2, 0) is 5.41 Å². The summed E-state index contributed by atoms with van der Waals surface area (Å²) in [7, 11) is 0. The second kappa shape index (κ2) is 9.59. The lowest BCUT2D eigenvalue weighted by atomic mass is 9.82. The minimum atomic E-state index is -0.120. The van der Waals surface area contributed by atoms with Crippen molar-refractivity contribution < 1.29 is 0 Å². The van der Waals surface area contributed by atoms with Gasteiger partial charge in [-0.2, -0.15) is 4.98 Å². The monoisotopic (exact) mass is 644 g/mol. The molecule has 0 fully saturated rings. The zero-order chi connectivity index (χ0) is 32.4. The molecule has 0 saturated heterocycles. The van der Waals surface area contributed by atoms with Gasteiger partial charge in [0.15, 0.2) is 5.65 Å². The summed E-state index contributed by atoms with van der Waals surface area (Å²) in [6, 6.07) is 46.0. The SMILES string of the molecule is CC1(C)c2ccccc2-c2ccc(-c3nc(-n4c5ccccc5c5c6ccccc6c6sc7ccccc7c6c54)nc4ncccc34)cc21. The molecule has 1 aliphatic rings. The lowest BCUT2D eigenvalue weighted by Gasteiger charge is -2.22. The van der Waals surface area contributed by atoms with Crippen molar-refractivity contribution >= 4 is 75.1 Å². The number of hydrogen-bond acceptors (Lipinski definition) is 4. The van der Waals surface area contributed by atoms with Gasteiger partial charge in [-0.25, -0.2) is 9.97 Å². The molecule has 6 aromatic carbocycles. The Kier molecular flexibility index (Phi) is 5.30. The average Bonchev–Trinajstić information content (AvgIpc) is 3.78. The molecule has 0 bridgehead atoms. The summed E-state index contributed by atoms with van der Waals surface area (Å²) in [5.74, 6) is 0.627. The van der Waals surface area contributed by atoms with Crippen LogP contribution in [0.25, 0.3) is 92.1 Å². The van der Waals surface area contributed by atoms with E-state index in [0.29, 0.717) is 11.6 Å². The van der Waals surface area contributed by atoms with Crippen LogP contribution in [-0.4, -0.2) is 19.5 Å². The van der Waals surface area contributed by atoms with E-state index < -0.39 is 0 Å². The number of aromatic nitrogens is 4. The summed E-state index contributed by atoms with van der Waals surface area (Å²) in [6.07, 6.45) is 1.83. The highest BCUT2D eigenvalue weighted by molar-refractivity contribution is 7.27. The van der Waals surface area contributed by atoms with Crippen LogP contribution in [0.1, 0.15) is 25.0 Å². The molecule has 0 saturated carbocycles. The number of hydrogen-bond donors (Lipinski definition) is 0. The van der Waals surface area contributed by atoms with Crippen LogP contribution in [0.15, 0.2) is 134 Å². The molecule has 4 aromatic heterocycles. The van der Waals surface area contributed by atoms with Gasteiger partial charge in [-0.05, 0) is 58.0 Å². The molecule has 49 heavy (non-hydrogen) atoms. The van der Waals surface area contributed by atoms with Gasteiger partial charge in [-0.1, -0.05) is 111 Å². The van der Waals surface area contributed by atoms with E-state index in [2.05, 4.69) is 140 Å². The van der Waals surface area contributed by atoms with Gasteiger partial charge in [0.05, 0.1) is 16.7 Å². The summed E-state index contributed by atoms with van der Waals surface area (Å²) in [6.45, 7) is 4.65. The van der Waals surface area contributed by atoms with Crippen molar-refractivity contribution in [1.29, 1.82) is 0 Å². The number of pyridine rings is 1. The van der Waals surface area contributed by atoms with E-state index in [1.807, 2.05) is 23.6 Å². The molecule has 10 aromatic rings. The predicted octanol–water partition coefficient (Wildman–Crippen LogP) is 11.6. The van der Waals surface area contributed by atoms with Crippen LogP contribution in [0.2, 0.25) is 0 Å². The Morgan fingerprint density at radius 1 is 0.592 bits per heavy atom. The largest absolute Gasteiger partial charge is 0.277 e. The number of rotatable bonds is 2. The molecule has 0 unspecified atom stereocenters. The Morgan fingerprint density at radius 2 is 1.31 bits per heavy atom. The molecule has 11 rings (SSSR count). The maximum Gasteiger partial charge on any atom is 0.237 e. The van der Waals surface area contributed by atoms with Gasteiger partial charge in [-0.3, -0.25) is 4.57 Å². The fourth-order valence-electron chi connectivity index (χ4n) is 8.45. The molecule has 1 aliphatic carbocycles. The van der Waals surface area contributed by atoms with E-state index in [1.54, 1.807) is 0 Å². The Hall–Kier alpha value is -5.91. The average molecular weight is 645 g/mol. The van der Waals surface area contributed by atoms with Crippen LogP contribution in [0.5, 0.6) is 0 Å². The summed E-state index contributed by atoms with van der Waals surface area (Å²) >= 11 is 1.86. The van der Waals surface area contributed by atoms with E-state index in [4.69, 9.17) is 15.0 Å². The molecular formula is C44H28N4S. The standard InChI is InChI=1S/C44H28N4S/c1-44(2)33-18-8-5-12-26(33)27-22-21-25(24-34(27)44)39-32-17-11-23-45-42(32)47-43(46-39)48-35-19-9-6-15-30(35)37-28-13-3-4-14-29(28)41-38(40(37)48)31-16-7-10-20-36(31)49-41/h3-24H,1-2H3. The van der Waals surface area contributed by atoms with Crippen molar-refractivity contribution in [2.45, 2.75) is 19.3 Å². The van der Waals surface area contributed by atoms with Crippen molar-refractivity contribution in [3.63, 3.8) is 0 Å². The zero-order valence-corrected chi connectivity index (χ0v) is 27.7. The van der Waals surface area contributed by atoms with E-state index in [1.165, 1.54) is 64.0 Å². The van der Waals surface area contributed by atoms with Gasteiger partial charge in [0.2, 0.25) is 5.95 Å². The molecule has 230 valence electrons. The van der Waals surface area contributed by atoms with Gasteiger partial charge in [0.25, 0.3) is 0 Å². The first-order chi connectivity index (χ1) is 24.1. The molecule has 0 spiro atoms.